The monoisotopic (exact) mass is 199 g/mol. The lowest BCUT2D eigenvalue weighted by Gasteiger charge is -2.22. The molecule has 0 aromatic rings. The summed E-state index contributed by atoms with van der Waals surface area (Å²) >= 11 is 0. The van der Waals surface area contributed by atoms with Crippen LogP contribution < -0.4 is 0 Å². The zero-order valence-corrected chi connectivity index (χ0v) is 9.95. The molecular formula is C10H21NOSi. The lowest BCUT2D eigenvalue weighted by Crippen LogP contribution is -2.30. The first-order valence-electron chi connectivity index (χ1n) is 5.00. The molecular weight excluding hydrogens is 178 g/mol. The zero-order chi connectivity index (χ0) is 10.3. The third-order valence-corrected chi connectivity index (χ3v) is 7.36. The molecule has 0 aliphatic heterocycles. The SMILES string of the molecule is C=CC(O)C=N[Si](CC)(CC)CC. The van der Waals surface area contributed by atoms with E-state index in [2.05, 4.69) is 32.0 Å². The molecule has 0 aliphatic carbocycles. The van der Waals surface area contributed by atoms with Crippen molar-refractivity contribution in [1.82, 2.24) is 0 Å². The van der Waals surface area contributed by atoms with Crippen LogP contribution in [0.5, 0.6) is 0 Å². The second-order valence-corrected chi connectivity index (χ2v) is 8.12. The van der Waals surface area contributed by atoms with Gasteiger partial charge in [0.05, 0.1) is 0 Å². The molecule has 1 unspecified atom stereocenters. The number of rotatable bonds is 6. The van der Waals surface area contributed by atoms with E-state index in [1.165, 1.54) is 6.08 Å². The molecule has 0 aromatic heterocycles. The van der Waals surface area contributed by atoms with E-state index in [-0.39, 0.29) is 0 Å². The van der Waals surface area contributed by atoms with E-state index < -0.39 is 14.3 Å². The highest BCUT2D eigenvalue weighted by molar-refractivity contribution is 6.78. The second-order valence-electron chi connectivity index (χ2n) is 3.29. The molecule has 0 spiro atoms. The molecule has 13 heavy (non-hydrogen) atoms. The van der Waals surface area contributed by atoms with Crippen LogP contribution in [0, 0.1) is 0 Å². The predicted octanol–water partition coefficient (Wildman–Crippen LogP) is 2.61. The summed E-state index contributed by atoms with van der Waals surface area (Å²) in [5.74, 6) is 0. The van der Waals surface area contributed by atoms with Crippen molar-refractivity contribution in [1.29, 1.82) is 0 Å². The van der Waals surface area contributed by atoms with Gasteiger partial charge < -0.3 is 9.76 Å². The van der Waals surface area contributed by atoms with E-state index in [1.54, 1.807) is 6.21 Å². The maximum absolute atomic E-state index is 9.26. The van der Waals surface area contributed by atoms with Gasteiger partial charge in [0.2, 0.25) is 0 Å². The van der Waals surface area contributed by atoms with Gasteiger partial charge in [-0.2, -0.15) is 0 Å². The molecule has 0 rings (SSSR count). The largest absolute Gasteiger partial charge is 0.383 e. The fraction of sp³-hybridized carbons (Fsp3) is 0.700. The Morgan fingerprint density at radius 1 is 1.31 bits per heavy atom. The van der Waals surface area contributed by atoms with Crippen LogP contribution in [-0.2, 0) is 0 Å². The molecule has 0 saturated heterocycles. The summed E-state index contributed by atoms with van der Waals surface area (Å²) in [5.41, 5.74) is 0. The second kappa shape index (κ2) is 6.10. The van der Waals surface area contributed by atoms with Gasteiger partial charge in [-0.1, -0.05) is 26.8 Å². The fourth-order valence-electron chi connectivity index (χ4n) is 1.32. The Kier molecular flexibility index (Phi) is 5.91. The van der Waals surface area contributed by atoms with E-state index in [9.17, 15) is 5.11 Å². The van der Waals surface area contributed by atoms with Crippen molar-refractivity contribution in [3.63, 3.8) is 0 Å². The van der Waals surface area contributed by atoms with Gasteiger partial charge in [0.1, 0.15) is 6.10 Å². The van der Waals surface area contributed by atoms with Gasteiger partial charge in [0, 0.05) is 6.21 Å². The van der Waals surface area contributed by atoms with Gasteiger partial charge >= 0.3 is 0 Å². The Morgan fingerprint density at radius 2 is 1.77 bits per heavy atom. The summed E-state index contributed by atoms with van der Waals surface area (Å²) in [7, 11) is -1.43. The molecule has 0 aliphatic rings. The average molecular weight is 199 g/mol. The average Bonchev–Trinajstić information content (AvgIpc) is 2.20. The van der Waals surface area contributed by atoms with Crippen LogP contribution in [0.3, 0.4) is 0 Å². The van der Waals surface area contributed by atoms with Crippen molar-refractivity contribution in [2.45, 2.75) is 45.0 Å². The van der Waals surface area contributed by atoms with Crippen LogP contribution in [0.4, 0.5) is 0 Å². The topological polar surface area (TPSA) is 32.6 Å². The third kappa shape index (κ3) is 3.87. The Balaban J connectivity index is 4.39. The van der Waals surface area contributed by atoms with Crippen molar-refractivity contribution >= 4 is 14.5 Å². The molecule has 0 saturated carbocycles. The molecule has 3 heteroatoms. The highest BCUT2D eigenvalue weighted by Gasteiger charge is 2.25. The minimum atomic E-state index is -1.43. The number of aliphatic hydroxyl groups is 1. The highest BCUT2D eigenvalue weighted by atomic mass is 28.3. The Hall–Kier alpha value is -0.413. The Bertz CT molecular complexity index is 167. The summed E-state index contributed by atoms with van der Waals surface area (Å²) < 4.78 is 4.57. The normalized spacial score (nSPS) is 14.8. The molecule has 0 amide bonds. The maximum Gasteiger partial charge on any atom is 0.180 e. The first-order valence-corrected chi connectivity index (χ1v) is 7.57. The number of hydrogen-bond acceptors (Lipinski definition) is 2. The molecule has 0 bridgehead atoms. The quantitative estimate of drug-likeness (QED) is 0.398. The summed E-state index contributed by atoms with van der Waals surface area (Å²) in [6, 6.07) is 3.46. The minimum absolute atomic E-state index is 0.573. The van der Waals surface area contributed by atoms with Gasteiger partial charge in [-0.05, 0) is 18.1 Å². The first-order chi connectivity index (χ1) is 6.14. The van der Waals surface area contributed by atoms with Crippen molar-refractivity contribution in [2.75, 3.05) is 0 Å². The molecule has 2 nitrogen and oxygen atoms in total. The lowest BCUT2D eigenvalue weighted by molar-refractivity contribution is 0.294. The van der Waals surface area contributed by atoms with Crippen LogP contribution >= 0.6 is 0 Å². The molecule has 1 atom stereocenters. The minimum Gasteiger partial charge on any atom is -0.383 e. The highest BCUT2D eigenvalue weighted by Crippen LogP contribution is 2.20. The third-order valence-electron chi connectivity index (χ3n) is 2.72. The standard InChI is InChI=1S/C10H21NOSi/c1-5-10(12)9-11-13(6-2,7-3)8-4/h5,9-10,12H,1,6-8H2,2-4H3. The maximum atomic E-state index is 9.26. The Labute approximate surface area is 82.5 Å². The summed E-state index contributed by atoms with van der Waals surface area (Å²) in [6.45, 7) is 10.1. The van der Waals surface area contributed by atoms with Crippen molar-refractivity contribution in [2.24, 2.45) is 4.66 Å². The van der Waals surface area contributed by atoms with Crippen LogP contribution in [0.25, 0.3) is 0 Å². The van der Waals surface area contributed by atoms with E-state index in [0.717, 1.165) is 18.1 Å². The summed E-state index contributed by atoms with van der Waals surface area (Å²) in [4.78, 5) is 0. The smallest absolute Gasteiger partial charge is 0.180 e. The van der Waals surface area contributed by atoms with Crippen molar-refractivity contribution in [3.05, 3.63) is 12.7 Å². The lowest BCUT2D eigenvalue weighted by atomic mass is 10.4. The Morgan fingerprint density at radius 3 is 2.08 bits per heavy atom. The number of nitrogens with zero attached hydrogens (tertiary/aromatic N) is 1. The van der Waals surface area contributed by atoms with E-state index >= 15 is 0 Å². The van der Waals surface area contributed by atoms with Gasteiger partial charge in [0.25, 0.3) is 0 Å². The molecule has 0 radical (unpaired) electrons. The molecule has 0 aromatic carbocycles. The number of hydrogen-bond donors (Lipinski definition) is 1. The van der Waals surface area contributed by atoms with Gasteiger partial charge in [-0.15, -0.1) is 6.58 Å². The van der Waals surface area contributed by atoms with Crippen molar-refractivity contribution in [3.8, 4) is 0 Å². The predicted molar refractivity (Wildman–Crippen MR) is 61.9 cm³/mol. The number of aliphatic hydroxyl groups excluding tert-OH is 1. The fourth-order valence-corrected chi connectivity index (χ4v) is 3.84. The van der Waals surface area contributed by atoms with Crippen LogP contribution in [0.15, 0.2) is 17.3 Å². The van der Waals surface area contributed by atoms with Gasteiger partial charge in [0.15, 0.2) is 8.24 Å². The van der Waals surface area contributed by atoms with E-state index in [1.807, 2.05) is 0 Å². The van der Waals surface area contributed by atoms with Crippen molar-refractivity contribution < 1.29 is 5.11 Å². The first kappa shape index (κ1) is 12.6. The van der Waals surface area contributed by atoms with Crippen LogP contribution in [0.1, 0.15) is 20.8 Å². The molecule has 76 valence electrons. The van der Waals surface area contributed by atoms with E-state index in [4.69, 9.17) is 0 Å². The van der Waals surface area contributed by atoms with Gasteiger partial charge in [-0.3, -0.25) is 0 Å². The van der Waals surface area contributed by atoms with Gasteiger partial charge in [-0.25, -0.2) is 0 Å². The molecule has 0 heterocycles. The molecule has 0 fully saturated rings. The van der Waals surface area contributed by atoms with E-state index in [0.29, 0.717) is 0 Å². The summed E-state index contributed by atoms with van der Waals surface area (Å²) in [6.07, 6.45) is 2.58. The van der Waals surface area contributed by atoms with Crippen LogP contribution in [0.2, 0.25) is 18.1 Å². The summed E-state index contributed by atoms with van der Waals surface area (Å²) in [5, 5.41) is 9.26. The zero-order valence-electron chi connectivity index (χ0n) is 8.95. The molecule has 1 N–H and O–H groups in total. The van der Waals surface area contributed by atoms with Crippen LogP contribution in [-0.4, -0.2) is 25.7 Å².